The van der Waals surface area contributed by atoms with Gasteiger partial charge in [0.15, 0.2) is 0 Å². The zero-order chi connectivity index (χ0) is 13.5. The second-order valence-electron chi connectivity index (χ2n) is 4.57. The Balaban J connectivity index is 2.89. The van der Waals surface area contributed by atoms with Crippen LogP contribution in [0.25, 0.3) is 0 Å². The molecule has 0 saturated heterocycles. The van der Waals surface area contributed by atoms with E-state index in [-0.39, 0.29) is 0 Å². The van der Waals surface area contributed by atoms with Gasteiger partial charge in [0.1, 0.15) is 0 Å². The van der Waals surface area contributed by atoms with Gasteiger partial charge < -0.3 is 10.2 Å². The predicted molar refractivity (Wildman–Crippen MR) is 84.3 cm³/mol. The summed E-state index contributed by atoms with van der Waals surface area (Å²) in [6.45, 7) is 7.00. The number of benzene rings is 1. The maximum absolute atomic E-state index is 3.77. The molecule has 2 nitrogen and oxygen atoms in total. The molecule has 0 aliphatic carbocycles. The zero-order valence-electron chi connectivity index (χ0n) is 11.5. The van der Waals surface area contributed by atoms with E-state index in [0.717, 1.165) is 23.9 Å². The third-order valence-corrected chi connectivity index (χ3v) is 3.70. The topological polar surface area (TPSA) is 15.3 Å². The number of nitrogens with zero attached hydrogens (tertiary/aromatic N) is 1. The van der Waals surface area contributed by atoms with Crippen molar-refractivity contribution in [2.75, 3.05) is 25.5 Å². The summed E-state index contributed by atoms with van der Waals surface area (Å²) >= 11 is 3.55. The van der Waals surface area contributed by atoms with Gasteiger partial charge in [-0.15, -0.1) is 6.58 Å². The maximum Gasteiger partial charge on any atom is 0.0423 e. The van der Waals surface area contributed by atoms with E-state index >= 15 is 0 Å². The molecule has 0 radical (unpaired) electrons. The van der Waals surface area contributed by atoms with E-state index in [4.69, 9.17) is 0 Å². The average Bonchev–Trinajstić information content (AvgIpc) is 2.38. The van der Waals surface area contributed by atoms with Crippen LogP contribution in [0.4, 0.5) is 5.69 Å². The smallest absolute Gasteiger partial charge is 0.0423 e. The fraction of sp³-hybridized carbons (Fsp3) is 0.467. The van der Waals surface area contributed by atoms with Crippen molar-refractivity contribution in [2.24, 2.45) is 0 Å². The van der Waals surface area contributed by atoms with Gasteiger partial charge in [0.25, 0.3) is 0 Å². The van der Waals surface area contributed by atoms with Crippen molar-refractivity contribution in [1.82, 2.24) is 5.32 Å². The summed E-state index contributed by atoms with van der Waals surface area (Å²) in [6.07, 6.45) is 4.18. The Morgan fingerprint density at radius 1 is 1.50 bits per heavy atom. The highest BCUT2D eigenvalue weighted by Crippen LogP contribution is 2.29. The molecule has 3 heteroatoms. The molecule has 0 saturated carbocycles. The fourth-order valence-electron chi connectivity index (χ4n) is 1.96. The molecule has 18 heavy (non-hydrogen) atoms. The van der Waals surface area contributed by atoms with Crippen LogP contribution in [0.15, 0.2) is 35.3 Å². The van der Waals surface area contributed by atoms with E-state index in [1.54, 1.807) is 0 Å². The third-order valence-electron chi connectivity index (χ3n) is 3.21. The first-order valence-corrected chi connectivity index (χ1v) is 7.18. The molecule has 0 aliphatic heterocycles. The van der Waals surface area contributed by atoms with E-state index in [9.17, 15) is 0 Å². The van der Waals surface area contributed by atoms with Crippen LogP contribution in [0.3, 0.4) is 0 Å². The molecule has 1 aromatic carbocycles. The molecule has 1 aromatic rings. The molecule has 1 rings (SSSR count). The van der Waals surface area contributed by atoms with Crippen LogP contribution >= 0.6 is 15.9 Å². The Hall–Kier alpha value is -0.800. The van der Waals surface area contributed by atoms with Crippen LogP contribution in [0.5, 0.6) is 0 Å². The average molecular weight is 311 g/mol. The van der Waals surface area contributed by atoms with Crippen LogP contribution in [0.1, 0.15) is 31.4 Å². The summed E-state index contributed by atoms with van der Waals surface area (Å²) in [7, 11) is 4.14. The van der Waals surface area contributed by atoms with Gasteiger partial charge >= 0.3 is 0 Å². The summed E-state index contributed by atoms with van der Waals surface area (Å²) in [5, 5.41) is 3.31. The Morgan fingerprint density at radius 2 is 2.22 bits per heavy atom. The van der Waals surface area contributed by atoms with Gasteiger partial charge in [-0.3, -0.25) is 0 Å². The maximum atomic E-state index is 3.77. The summed E-state index contributed by atoms with van der Waals surface area (Å²) in [5.74, 6) is 0. The van der Waals surface area contributed by atoms with Crippen molar-refractivity contribution in [1.29, 1.82) is 0 Å². The van der Waals surface area contributed by atoms with Gasteiger partial charge in [-0.25, -0.2) is 0 Å². The zero-order valence-corrected chi connectivity index (χ0v) is 13.1. The lowest BCUT2D eigenvalue weighted by Crippen LogP contribution is -2.22. The van der Waals surface area contributed by atoms with Crippen LogP contribution < -0.4 is 10.2 Å². The van der Waals surface area contributed by atoms with Crippen LogP contribution in [-0.4, -0.2) is 20.6 Å². The van der Waals surface area contributed by atoms with Crippen molar-refractivity contribution in [3.63, 3.8) is 0 Å². The Bertz CT molecular complexity index is 390. The lowest BCUT2D eigenvalue weighted by Gasteiger charge is -2.25. The monoisotopic (exact) mass is 310 g/mol. The highest BCUT2D eigenvalue weighted by molar-refractivity contribution is 9.10. The Morgan fingerprint density at radius 3 is 2.83 bits per heavy atom. The summed E-state index contributed by atoms with van der Waals surface area (Å²) in [6, 6.07) is 6.83. The number of nitrogens with one attached hydrogen (secondary N) is 1. The van der Waals surface area contributed by atoms with Crippen molar-refractivity contribution in [3.8, 4) is 0 Å². The van der Waals surface area contributed by atoms with E-state index < -0.39 is 0 Å². The number of hydrogen-bond donors (Lipinski definition) is 1. The highest BCUT2D eigenvalue weighted by Gasteiger charge is 2.12. The molecule has 1 unspecified atom stereocenters. The normalized spacial score (nSPS) is 12.2. The number of hydrogen-bond acceptors (Lipinski definition) is 2. The SMILES string of the molecule is C=CCCCN(C)c1cc(Br)ccc1C(C)NC. The van der Waals surface area contributed by atoms with Crippen molar-refractivity contribution in [3.05, 3.63) is 40.9 Å². The molecule has 0 aliphatic rings. The minimum Gasteiger partial charge on any atom is -0.374 e. The molecular weight excluding hydrogens is 288 g/mol. The second-order valence-corrected chi connectivity index (χ2v) is 5.48. The molecule has 1 N–H and O–H groups in total. The lowest BCUT2D eigenvalue weighted by molar-refractivity contribution is 0.648. The number of halogens is 1. The van der Waals surface area contributed by atoms with Gasteiger partial charge in [0.05, 0.1) is 0 Å². The standard InChI is InChI=1S/C15H23BrN2/c1-5-6-7-10-18(4)15-11-13(16)8-9-14(15)12(2)17-3/h5,8-9,11-12,17H,1,6-7,10H2,2-4H3. The summed E-state index contributed by atoms with van der Waals surface area (Å²) in [5.41, 5.74) is 2.62. The number of unbranched alkanes of at least 4 members (excludes halogenated alkanes) is 1. The second kappa shape index (κ2) is 7.59. The Labute approximate surface area is 119 Å². The van der Waals surface area contributed by atoms with Gasteiger partial charge in [-0.1, -0.05) is 28.1 Å². The van der Waals surface area contributed by atoms with E-state index in [2.05, 4.69) is 64.9 Å². The minimum absolute atomic E-state index is 0.356. The molecular formula is C15H23BrN2. The molecule has 0 amide bonds. The van der Waals surface area contributed by atoms with E-state index in [1.807, 2.05) is 13.1 Å². The number of anilines is 1. The van der Waals surface area contributed by atoms with Gasteiger partial charge in [0, 0.05) is 29.8 Å². The molecule has 0 bridgehead atoms. The molecule has 100 valence electrons. The largest absolute Gasteiger partial charge is 0.374 e. The summed E-state index contributed by atoms with van der Waals surface area (Å²) < 4.78 is 1.13. The first kappa shape index (κ1) is 15.3. The first-order valence-electron chi connectivity index (χ1n) is 6.39. The quantitative estimate of drug-likeness (QED) is 0.601. The molecule has 0 aromatic heterocycles. The van der Waals surface area contributed by atoms with Crippen LogP contribution in [0, 0.1) is 0 Å². The Kier molecular flexibility index (Phi) is 6.44. The van der Waals surface area contributed by atoms with Gasteiger partial charge in [0.2, 0.25) is 0 Å². The fourth-order valence-corrected chi connectivity index (χ4v) is 2.31. The lowest BCUT2D eigenvalue weighted by atomic mass is 10.1. The van der Waals surface area contributed by atoms with Crippen LogP contribution in [0.2, 0.25) is 0 Å². The molecule has 0 fully saturated rings. The highest BCUT2D eigenvalue weighted by atomic mass is 79.9. The third kappa shape index (κ3) is 4.14. The van der Waals surface area contributed by atoms with Crippen molar-refractivity contribution in [2.45, 2.75) is 25.8 Å². The van der Waals surface area contributed by atoms with Crippen molar-refractivity contribution < 1.29 is 0 Å². The minimum atomic E-state index is 0.356. The van der Waals surface area contributed by atoms with Crippen LogP contribution in [-0.2, 0) is 0 Å². The van der Waals surface area contributed by atoms with E-state index in [1.165, 1.54) is 11.3 Å². The van der Waals surface area contributed by atoms with Crippen molar-refractivity contribution >= 4 is 21.6 Å². The molecule has 0 heterocycles. The van der Waals surface area contributed by atoms with Gasteiger partial charge in [-0.2, -0.15) is 0 Å². The number of allylic oxidation sites excluding steroid dienone is 1. The predicted octanol–water partition coefficient (Wildman–Crippen LogP) is 4.13. The molecule has 0 spiro atoms. The van der Waals surface area contributed by atoms with Gasteiger partial charge in [-0.05, 0) is 44.5 Å². The summed E-state index contributed by atoms with van der Waals surface area (Å²) in [4.78, 5) is 2.32. The number of rotatable bonds is 7. The van der Waals surface area contributed by atoms with E-state index in [0.29, 0.717) is 6.04 Å². The first-order chi connectivity index (χ1) is 8.60. The molecule has 1 atom stereocenters.